The summed E-state index contributed by atoms with van der Waals surface area (Å²) in [5.41, 5.74) is 1.65. The first-order valence-corrected chi connectivity index (χ1v) is 8.17. The molecule has 7 heteroatoms. The Hall–Kier alpha value is -1.35. The second-order valence-electron chi connectivity index (χ2n) is 5.49. The second-order valence-corrected chi connectivity index (χ2v) is 5.49. The highest BCUT2D eigenvalue weighted by Gasteiger charge is 2.15. The minimum atomic E-state index is -0.0840. The third kappa shape index (κ3) is 6.64. The lowest BCUT2D eigenvalue weighted by atomic mass is 10.1. The zero-order valence-electron chi connectivity index (χ0n) is 14.3. The summed E-state index contributed by atoms with van der Waals surface area (Å²) in [6, 6.07) is 7.51. The number of ether oxygens (including phenoxy) is 1. The monoisotopic (exact) mass is 446 g/mol. The number of carbonyl (C=O) groups excluding carboxylic acids is 1. The number of rotatable bonds is 6. The van der Waals surface area contributed by atoms with E-state index in [-0.39, 0.29) is 36.0 Å². The minimum absolute atomic E-state index is 0. The lowest BCUT2D eigenvalue weighted by Crippen LogP contribution is -2.41. The van der Waals surface area contributed by atoms with Gasteiger partial charge >= 0.3 is 0 Å². The minimum Gasteiger partial charge on any atom is -0.376 e. The third-order valence-corrected chi connectivity index (χ3v) is 3.70. The highest BCUT2D eigenvalue weighted by molar-refractivity contribution is 14.0. The number of hydrogen-bond donors (Lipinski definition) is 3. The van der Waals surface area contributed by atoms with Crippen molar-refractivity contribution in [3.05, 3.63) is 35.4 Å². The number of carbonyl (C=O) groups is 1. The number of halogens is 1. The van der Waals surface area contributed by atoms with Gasteiger partial charge < -0.3 is 20.7 Å². The van der Waals surface area contributed by atoms with Gasteiger partial charge in [-0.3, -0.25) is 4.79 Å². The summed E-state index contributed by atoms with van der Waals surface area (Å²) in [7, 11) is 1.63. The Morgan fingerprint density at radius 3 is 2.88 bits per heavy atom. The van der Waals surface area contributed by atoms with E-state index in [2.05, 4.69) is 20.9 Å². The van der Waals surface area contributed by atoms with E-state index in [9.17, 15) is 4.79 Å². The number of guanidine groups is 1. The molecular formula is C17H27IN4O2. The van der Waals surface area contributed by atoms with E-state index in [1.165, 1.54) is 0 Å². The van der Waals surface area contributed by atoms with Gasteiger partial charge in [0.1, 0.15) is 0 Å². The van der Waals surface area contributed by atoms with Crippen LogP contribution in [0.2, 0.25) is 0 Å². The van der Waals surface area contributed by atoms with Crippen molar-refractivity contribution in [2.75, 3.05) is 26.7 Å². The van der Waals surface area contributed by atoms with Crippen molar-refractivity contribution in [2.24, 2.45) is 4.99 Å². The molecule has 1 atom stereocenters. The molecule has 0 aliphatic carbocycles. The number of nitrogens with zero attached hydrogens (tertiary/aromatic N) is 1. The topological polar surface area (TPSA) is 74.8 Å². The fraction of sp³-hybridized carbons (Fsp3) is 0.529. The predicted octanol–water partition coefficient (Wildman–Crippen LogP) is 1.90. The molecule has 24 heavy (non-hydrogen) atoms. The van der Waals surface area contributed by atoms with E-state index in [0.717, 1.165) is 44.1 Å². The third-order valence-electron chi connectivity index (χ3n) is 3.70. The molecule has 6 nitrogen and oxygen atoms in total. The molecule has 1 unspecified atom stereocenters. The van der Waals surface area contributed by atoms with Crippen LogP contribution in [-0.2, 0) is 11.3 Å². The van der Waals surface area contributed by atoms with Crippen molar-refractivity contribution in [1.29, 1.82) is 0 Å². The summed E-state index contributed by atoms with van der Waals surface area (Å²) in [5, 5.41) is 9.18. The molecule has 1 amide bonds. The molecule has 1 aliphatic heterocycles. The van der Waals surface area contributed by atoms with Gasteiger partial charge in [-0.1, -0.05) is 12.1 Å². The van der Waals surface area contributed by atoms with E-state index >= 15 is 0 Å². The van der Waals surface area contributed by atoms with Crippen LogP contribution in [0.3, 0.4) is 0 Å². The smallest absolute Gasteiger partial charge is 0.251 e. The molecule has 0 spiro atoms. The van der Waals surface area contributed by atoms with Crippen LogP contribution in [-0.4, -0.2) is 44.7 Å². The average Bonchev–Trinajstić information content (AvgIpc) is 3.10. The molecule has 0 saturated carbocycles. The summed E-state index contributed by atoms with van der Waals surface area (Å²) >= 11 is 0. The van der Waals surface area contributed by atoms with Crippen molar-refractivity contribution < 1.29 is 9.53 Å². The van der Waals surface area contributed by atoms with Gasteiger partial charge in [-0.05, 0) is 37.5 Å². The molecule has 1 saturated heterocycles. The number of hydrogen-bond acceptors (Lipinski definition) is 3. The first kappa shape index (κ1) is 20.7. The van der Waals surface area contributed by atoms with E-state index in [1.807, 2.05) is 25.1 Å². The summed E-state index contributed by atoms with van der Waals surface area (Å²) in [6.07, 6.45) is 2.50. The Kier molecular flexibility index (Phi) is 9.70. The summed E-state index contributed by atoms with van der Waals surface area (Å²) < 4.78 is 5.61. The SMILES string of the molecule is CCNC(=NCc1cccc(C(=O)NC)c1)NCC1CCCO1.I. The van der Waals surface area contributed by atoms with Gasteiger partial charge in [-0.25, -0.2) is 4.99 Å². The summed E-state index contributed by atoms with van der Waals surface area (Å²) in [4.78, 5) is 16.2. The maximum absolute atomic E-state index is 11.7. The maximum Gasteiger partial charge on any atom is 0.251 e. The Morgan fingerprint density at radius 2 is 2.21 bits per heavy atom. The van der Waals surface area contributed by atoms with E-state index in [1.54, 1.807) is 13.1 Å². The van der Waals surface area contributed by atoms with Crippen molar-refractivity contribution in [3.8, 4) is 0 Å². The molecule has 3 N–H and O–H groups in total. The highest BCUT2D eigenvalue weighted by Crippen LogP contribution is 2.10. The number of benzene rings is 1. The fourth-order valence-electron chi connectivity index (χ4n) is 2.48. The molecule has 1 heterocycles. The normalized spacial score (nSPS) is 17.1. The predicted molar refractivity (Wildman–Crippen MR) is 107 cm³/mol. The standard InChI is InChI=1S/C17H26N4O2.HI/c1-3-19-17(21-12-15-8-5-9-23-15)20-11-13-6-4-7-14(10-13)16(22)18-2;/h4,6-7,10,15H,3,5,8-9,11-12H2,1-2H3,(H,18,22)(H2,19,20,21);1H. The first-order chi connectivity index (χ1) is 11.2. The average molecular weight is 446 g/mol. The van der Waals surface area contributed by atoms with Gasteiger partial charge in [0.2, 0.25) is 0 Å². The molecule has 1 aromatic carbocycles. The molecule has 0 aromatic heterocycles. The second kappa shape index (κ2) is 11.2. The van der Waals surface area contributed by atoms with Crippen LogP contribution in [0.1, 0.15) is 35.7 Å². The first-order valence-electron chi connectivity index (χ1n) is 8.17. The molecule has 1 aromatic rings. The van der Waals surface area contributed by atoms with Crippen LogP contribution < -0.4 is 16.0 Å². The van der Waals surface area contributed by atoms with Crippen LogP contribution in [0.25, 0.3) is 0 Å². The van der Waals surface area contributed by atoms with Gasteiger partial charge in [0.25, 0.3) is 5.91 Å². The zero-order valence-corrected chi connectivity index (χ0v) is 16.6. The van der Waals surface area contributed by atoms with Crippen LogP contribution in [0.15, 0.2) is 29.3 Å². The summed E-state index contributed by atoms with van der Waals surface area (Å²) in [6.45, 7) is 4.98. The van der Waals surface area contributed by atoms with Gasteiger partial charge in [0.05, 0.1) is 12.6 Å². The van der Waals surface area contributed by atoms with Crippen molar-refractivity contribution in [1.82, 2.24) is 16.0 Å². The molecular weight excluding hydrogens is 419 g/mol. The van der Waals surface area contributed by atoms with Crippen LogP contribution in [0.5, 0.6) is 0 Å². The van der Waals surface area contributed by atoms with Crippen LogP contribution >= 0.6 is 24.0 Å². The maximum atomic E-state index is 11.7. The van der Waals surface area contributed by atoms with Gasteiger partial charge in [0.15, 0.2) is 5.96 Å². The summed E-state index contributed by atoms with van der Waals surface area (Å²) in [5.74, 6) is 0.688. The van der Waals surface area contributed by atoms with Crippen molar-refractivity contribution in [2.45, 2.75) is 32.4 Å². The molecule has 2 rings (SSSR count). The van der Waals surface area contributed by atoms with Crippen LogP contribution in [0, 0.1) is 0 Å². The molecule has 0 bridgehead atoms. The van der Waals surface area contributed by atoms with Gasteiger partial charge in [-0.2, -0.15) is 0 Å². The number of aliphatic imine (C=N–C) groups is 1. The lowest BCUT2D eigenvalue weighted by molar-refractivity contribution is 0.0963. The molecule has 1 fully saturated rings. The Morgan fingerprint density at radius 1 is 1.38 bits per heavy atom. The lowest BCUT2D eigenvalue weighted by Gasteiger charge is -2.14. The van der Waals surface area contributed by atoms with E-state index < -0.39 is 0 Å². The van der Waals surface area contributed by atoms with Crippen molar-refractivity contribution in [3.63, 3.8) is 0 Å². The molecule has 134 valence electrons. The quantitative estimate of drug-likeness (QED) is 0.355. The van der Waals surface area contributed by atoms with Crippen molar-refractivity contribution >= 4 is 35.8 Å². The van der Waals surface area contributed by atoms with E-state index in [4.69, 9.17) is 4.74 Å². The Bertz CT molecular complexity index is 545. The zero-order chi connectivity index (χ0) is 16.5. The Labute approximate surface area is 160 Å². The van der Waals surface area contributed by atoms with E-state index in [0.29, 0.717) is 12.1 Å². The van der Waals surface area contributed by atoms with Crippen LogP contribution in [0.4, 0.5) is 0 Å². The largest absolute Gasteiger partial charge is 0.376 e. The number of nitrogens with one attached hydrogen (secondary N) is 3. The van der Waals surface area contributed by atoms with Gasteiger partial charge in [-0.15, -0.1) is 24.0 Å². The highest BCUT2D eigenvalue weighted by atomic mass is 127. The molecule has 0 radical (unpaired) electrons. The molecule has 1 aliphatic rings. The van der Waals surface area contributed by atoms with Gasteiger partial charge in [0, 0.05) is 32.3 Å². The fourth-order valence-corrected chi connectivity index (χ4v) is 2.48. The Balaban J connectivity index is 0.00000288. The number of amides is 1.